The summed E-state index contributed by atoms with van der Waals surface area (Å²) in [6.45, 7) is 2.47. The van der Waals surface area contributed by atoms with E-state index in [2.05, 4.69) is 9.88 Å². The van der Waals surface area contributed by atoms with Crippen LogP contribution >= 0.6 is 11.6 Å². The standard InChI is InChI=1S/C21H17ClN2O2/c1-14-17(10-11-26-14)21(25)23-19-13-24(20-5-3-2-4-18(19)20)12-15-6-8-16(22)9-7-15/h2-11,13H,12H2,1H3,(H,23,25). The van der Waals surface area contributed by atoms with Gasteiger partial charge in [-0.2, -0.15) is 0 Å². The number of anilines is 1. The van der Waals surface area contributed by atoms with E-state index in [-0.39, 0.29) is 5.91 Å². The largest absolute Gasteiger partial charge is 0.469 e. The highest BCUT2D eigenvalue weighted by Crippen LogP contribution is 2.27. The predicted molar refractivity (Wildman–Crippen MR) is 104 cm³/mol. The Morgan fingerprint density at radius 1 is 1.12 bits per heavy atom. The van der Waals surface area contributed by atoms with Gasteiger partial charge in [-0.25, -0.2) is 0 Å². The number of amides is 1. The molecule has 0 saturated carbocycles. The number of para-hydroxylation sites is 1. The van der Waals surface area contributed by atoms with Crippen LogP contribution in [0.5, 0.6) is 0 Å². The van der Waals surface area contributed by atoms with E-state index in [0.29, 0.717) is 17.9 Å². The fourth-order valence-electron chi connectivity index (χ4n) is 3.07. The lowest BCUT2D eigenvalue weighted by atomic mass is 10.2. The molecule has 4 aromatic rings. The number of furan rings is 1. The van der Waals surface area contributed by atoms with Gasteiger partial charge < -0.3 is 14.3 Å². The summed E-state index contributed by atoms with van der Waals surface area (Å²) in [7, 11) is 0. The van der Waals surface area contributed by atoms with E-state index in [9.17, 15) is 4.79 Å². The molecule has 2 aromatic heterocycles. The minimum atomic E-state index is -0.175. The molecule has 0 unspecified atom stereocenters. The first-order valence-corrected chi connectivity index (χ1v) is 8.67. The molecule has 0 spiro atoms. The summed E-state index contributed by atoms with van der Waals surface area (Å²) >= 11 is 5.97. The molecule has 1 N–H and O–H groups in total. The van der Waals surface area contributed by atoms with Gasteiger partial charge in [0.1, 0.15) is 5.76 Å². The third kappa shape index (κ3) is 3.11. The Labute approximate surface area is 156 Å². The number of hydrogen-bond donors (Lipinski definition) is 1. The first kappa shape index (κ1) is 16.5. The number of fused-ring (bicyclic) bond motifs is 1. The first-order chi connectivity index (χ1) is 12.6. The molecule has 0 fully saturated rings. The van der Waals surface area contributed by atoms with E-state index in [1.165, 1.54) is 6.26 Å². The predicted octanol–water partition coefficient (Wildman–Crippen LogP) is 5.50. The molecule has 2 heterocycles. The minimum absolute atomic E-state index is 0.175. The van der Waals surface area contributed by atoms with Gasteiger partial charge in [-0.1, -0.05) is 41.9 Å². The average molecular weight is 365 g/mol. The molecule has 0 radical (unpaired) electrons. The number of nitrogens with one attached hydrogen (secondary N) is 1. The maximum absolute atomic E-state index is 12.5. The number of rotatable bonds is 4. The van der Waals surface area contributed by atoms with Crippen molar-refractivity contribution in [2.75, 3.05) is 5.32 Å². The van der Waals surface area contributed by atoms with Gasteiger partial charge in [0.05, 0.1) is 23.0 Å². The van der Waals surface area contributed by atoms with Crippen LogP contribution in [0.15, 0.2) is 71.5 Å². The van der Waals surface area contributed by atoms with Crippen molar-refractivity contribution in [1.82, 2.24) is 4.57 Å². The molecule has 0 aliphatic rings. The number of aryl methyl sites for hydroxylation is 1. The lowest BCUT2D eigenvalue weighted by molar-refractivity contribution is 0.102. The monoisotopic (exact) mass is 364 g/mol. The minimum Gasteiger partial charge on any atom is -0.469 e. The van der Waals surface area contributed by atoms with Crippen LogP contribution in [-0.4, -0.2) is 10.5 Å². The summed E-state index contributed by atoms with van der Waals surface area (Å²) < 4.78 is 7.35. The topological polar surface area (TPSA) is 47.2 Å². The highest BCUT2D eigenvalue weighted by atomic mass is 35.5. The molecule has 0 bridgehead atoms. The molecular formula is C21H17ClN2O2. The number of carbonyl (C=O) groups is 1. The van der Waals surface area contributed by atoms with Crippen LogP contribution in [0.1, 0.15) is 21.7 Å². The van der Waals surface area contributed by atoms with Gasteiger partial charge in [0.25, 0.3) is 5.91 Å². The third-order valence-electron chi connectivity index (χ3n) is 4.41. The summed E-state index contributed by atoms with van der Waals surface area (Å²) in [6.07, 6.45) is 3.49. The fraction of sp³-hybridized carbons (Fsp3) is 0.0952. The fourth-order valence-corrected chi connectivity index (χ4v) is 3.20. The molecule has 130 valence electrons. The number of carbonyl (C=O) groups excluding carboxylic acids is 1. The van der Waals surface area contributed by atoms with Crippen molar-refractivity contribution in [3.8, 4) is 0 Å². The molecule has 2 aromatic carbocycles. The number of nitrogens with zero attached hydrogens (tertiary/aromatic N) is 1. The van der Waals surface area contributed by atoms with Gasteiger partial charge in [0, 0.05) is 23.2 Å². The van der Waals surface area contributed by atoms with Gasteiger partial charge in [-0.15, -0.1) is 0 Å². The normalized spacial score (nSPS) is 11.0. The Bertz CT molecular complexity index is 1080. The summed E-state index contributed by atoms with van der Waals surface area (Å²) in [6, 6.07) is 17.5. The smallest absolute Gasteiger partial charge is 0.259 e. The van der Waals surface area contributed by atoms with Crippen molar-refractivity contribution in [3.05, 3.63) is 89.0 Å². The zero-order valence-electron chi connectivity index (χ0n) is 14.2. The number of aromatic nitrogens is 1. The second-order valence-corrected chi connectivity index (χ2v) is 6.60. The molecular weight excluding hydrogens is 348 g/mol. The Balaban J connectivity index is 1.68. The average Bonchev–Trinajstić information content (AvgIpc) is 3.22. The Kier molecular flexibility index (Phi) is 4.27. The highest BCUT2D eigenvalue weighted by Gasteiger charge is 2.15. The van der Waals surface area contributed by atoms with Crippen LogP contribution in [0.4, 0.5) is 5.69 Å². The van der Waals surface area contributed by atoms with Gasteiger partial charge in [-0.3, -0.25) is 4.79 Å². The maximum atomic E-state index is 12.5. The summed E-state index contributed by atoms with van der Waals surface area (Å²) in [4.78, 5) is 12.5. The van der Waals surface area contributed by atoms with E-state index in [1.807, 2.05) is 54.7 Å². The zero-order chi connectivity index (χ0) is 18.1. The molecule has 4 rings (SSSR count). The summed E-state index contributed by atoms with van der Waals surface area (Å²) in [5.74, 6) is 0.429. The van der Waals surface area contributed by atoms with Crippen molar-refractivity contribution >= 4 is 34.1 Å². The summed E-state index contributed by atoms with van der Waals surface area (Å²) in [5, 5.41) is 4.72. The van der Waals surface area contributed by atoms with Crippen LogP contribution in [0.2, 0.25) is 5.02 Å². The van der Waals surface area contributed by atoms with Crippen molar-refractivity contribution in [1.29, 1.82) is 0 Å². The van der Waals surface area contributed by atoms with Crippen LogP contribution in [0, 0.1) is 6.92 Å². The molecule has 5 heteroatoms. The molecule has 0 saturated heterocycles. The maximum Gasteiger partial charge on any atom is 0.259 e. The molecule has 0 aliphatic heterocycles. The second-order valence-electron chi connectivity index (χ2n) is 6.16. The quantitative estimate of drug-likeness (QED) is 0.520. The van der Waals surface area contributed by atoms with Gasteiger partial charge >= 0.3 is 0 Å². The van der Waals surface area contributed by atoms with E-state index in [4.69, 9.17) is 16.0 Å². The van der Waals surface area contributed by atoms with Gasteiger partial charge in [0.15, 0.2) is 0 Å². The van der Waals surface area contributed by atoms with Gasteiger partial charge in [-0.05, 0) is 36.8 Å². The molecule has 26 heavy (non-hydrogen) atoms. The molecule has 4 nitrogen and oxygen atoms in total. The lowest BCUT2D eigenvalue weighted by Gasteiger charge is -2.05. The van der Waals surface area contributed by atoms with E-state index in [0.717, 1.165) is 27.2 Å². The SMILES string of the molecule is Cc1occc1C(=O)Nc1cn(Cc2ccc(Cl)cc2)c2ccccc12. The first-order valence-electron chi connectivity index (χ1n) is 8.29. The van der Waals surface area contributed by atoms with Crippen molar-refractivity contribution in [2.45, 2.75) is 13.5 Å². The van der Waals surface area contributed by atoms with Crippen molar-refractivity contribution in [2.24, 2.45) is 0 Å². The van der Waals surface area contributed by atoms with Gasteiger partial charge in [0.2, 0.25) is 0 Å². The third-order valence-corrected chi connectivity index (χ3v) is 4.66. The van der Waals surface area contributed by atoms with Crippen molar-refractivity contribution < 1.29 is 9.21 Å². The lowest BCUT2D eigenvalue weighted by Crippen LogP contribution is -2.11. The van der Waals surface area contributed by atoms with E-state index in [1.54, 1.807) is 13.0 Å². The van der Waals surface area contributed by atoms with Crippen LogP contribution < -0.4 is 5.32 Å². The highest BCUT2D eigenvalue weighted by molar-refractivity contribution is 6.30. The molecule has 1 amide bonds. The van der Waals surface area contributed by atoms with Crippen LogP contribution in [0.3, 0.4) is 0 Å². The number of benzene rings is 2. The number of halogens is 1. The summed E-state index contributed by atoms with van der Waals surface area (Å²) in [5.41, 5.74) is 3.51. The Morgan fingerprint density at radius 3 is 2.62 bits per heavy atom. The zero-order valence-corrected chi connectivity index (χ0v) is 15.0. The van der Waals surface area contributed by atoms with Crippen LogP contribution in [0.25, 0.3) is 10.9 Å². The molecule has 0 aliphatic carbocycles. The second kappa shape index (κ2) is 6.73. The number of hydrogen-bond acceptors (Lipinski definition) is 2. The van der Waals surface area contributed by atoms with Crippen LogP contribution in [-0.2, 0) is 6.54 Å². The van der Waals surface area contributed by atoms with E-state index >= 15 is 0 Å². The Morgan fingerprint density at radius 2 is 1.88 bits per heavy atom. The van der Waals surface area contributed by atoms with E-state index < -0.39 is 0 Å². The Hall–Kier alpha value is -2.98. The molecule has 0 atom stereocenters. The van der Waals surface area contributed by atoms with Crippen molar-refractivity contribution in [3.63, 3.8) is 0 Å².